The molecular weight excluding hydrogens is 246 g/mol. The Balaban J connectivity index is 1.53. The summed E-state index contributed by atoms with van der Waals surface area (Å²) in [6, 6.07) is 0. The molecule has 18 heavy (non-hydrogen) atoms. The second-order valence-electron chi connectivity index (χ2n) is 4.82. The highest BCUT2D eigenvalue weighted by molar-refractivity contribution is 7.71. The highest BCUT2D eigenvalue weighted by atomic mass is 32.1. The Morgan fingerprint density at radius 3 is 2.89 bits per heavy atom. The molecule has 0 aliphatic heterocycles. The second kappa shape index (κ2) is 5.06. The van der Waals surface area contributed by atoms with E-state index in [1.165, 1.54) is 12.8 Å². The summed E-state index contributed by atoms with van der Waals surface area (Å²) in [5.41, 5.74) is 0. The lowest BCUT2D eigenvalue weighted by molar-refractivity contribution is 0.537. The van der Waals surface area contributed by atoms with Gasteiger partial charge in [0.15, 0.2) is 4.77 Å². The first kappa shape index (κ1) is 11.6. The molecule has 1 fully saturated rings. The zero-order chi connectivity index (χ0) is 12.4. The Bertz CT molecular complexity index is 549. The van der Waals surface area contributed by atoms with Crippen molar-refractivity contribution in [3.8, 4) is 0 Å². The highest BCUT2D eigenvalue weighted by Gasteiger charge is 2.28. The minimum Gasteiger partial charge on any atom is -0.337 e. The Hall–Kier alpha value is -1.43. The van der Waals surface area contributed by atoms with Crippen LogP contribution in [-0.4, -0.2) is 24.3 Å². The number of nitrogens with one attached hydrogen (secondary N) is 1. The van der Waals surface area contributed by atoms with Crippen LogP contribution in [-0.2, 0) is 13.1 Å². The van der Waals surface area contributed by atoms with Gasteiger partial charge in [-0.1, -0.05) is 0 Å². The Morgan fingerprint density at radius 2 is 2.17 bits per heavy atom. The first-order chi connectivity index (χ1) is 8.84. The van der Waals surface area contributed by atoms with Crippen molar-refractivity contribution in [2.75, 3.05) is 0 Å². The third-order valence-corrected chi connectivity index (χ3v) is 3.65. The van der Waals surface area contributed by atoms with Crippen molar-refractivity contribution in [3.63, 3.8) is 0 Å². The molecule has 0 bridgehead atoms. The van der Waals surface area contributed by atoms with Crippen LogP contribution in [0.1, 0.15) is 37.4 Å². The summed E-state index contributed by atoms with van der Waals surface area (Å²) in [4.78, 5) is 4.04. The van der Waals surface area contributed by atoms with E-state index in [1.54, 1.807) is 0 Å². The van der Waals surface area contributed by atoms with E-state index in [0.717, 1.165) is 36.5 Å². The predicted molar refractivity (Wildman–Crippen MR) is 70.8 cm³/mol. The highest BCUT2D eigenvalue weighted by Crippen LogP contribution is 2.38. The van der Waals surface area contributed by atoms with Gasteiger partial charge in [-0.2, -0.15) is 5.10 Å². The van der Waals surface area contributed by atoms with Crippen LogP contribution in [0.5, 0.6) is 0 Å². The average molecular weight is 263 g/mol. The Morgan fingerprint density at radius 1 is 1.33 bits per heavy atom. The molecule has 2 aromatic heterocycles. The number of hydrogen-bond donors (Lipinski definition) is 1. The number of aromatic amines is 1. The number of hydrogen-bond acceptors (Lipinski definition) is 3. The molecule has 2 heterocycles. The van der Waals surface area contributed by atoms with E-state index in [-0.39, 0.29) is 0 Å². The third-order valence-electron chi connectivity index (χ3n) is 3.34. The van der Waals surface area contributed by atoms with Gasteiger partial charge in [0.2, 0.25) is 0 Å². The Labute approximate surface area is 111 Å². The minimum absolute atomic E-state index is 0.645. The quantitative estimate of drug-likeness (QED) is 0.643. The van der Waals surface area contributed by atoms with Crippen LogP contribution < -0.4 is 0 Å². The number of aryl methyl sites for hydroxylation is 1. The zero-order valence-corrected chi connectivity index (χ0v) is 11.1. The molecule has 0 atom stereocenters. The number of rotatable bonds is 6. The first-order valence-corrected chi connectivity index (χ1v) is 6.86. The fourth-order valence-corrected chi connectivity index (χ4v) is 2.41. The summed E-state index contributed by atoms with van der Waals surface area (Å²) in [7, 11) is 0. The van der Waals surface area contributed by atoms with Gasteiger partial charge >= 0.3 is 0 Å². The van der Waals surface area contributed by atoms with Crippen LogP contribution in [0.3, 0.4) is 0 Å². The van der Waals surface area contributed by atoms with E-state index in [9.17, 15) is 0 Å². The fraction of sp³-hybridized carbons (Fsp3) is 0.583. The average Bonchev–Trinajstić information content (AvgIpc) is 2.95. The molecule has 3 rings (SSSR count). The molecule has 1 N–H and O–H groups in total. The molecule has 0 aromatic carbocycles. The summed E-state index contributed by atoms with van der Waals surface area (Å²) in [6.07, 6.45) is 10.4. The molecule has 1 saturated carbocycles. The van der Waals surface area contributed by atoms with Gasteiger partial charge in [-0.25, -0.2) is 4.98 Å². The lowest BCUT2D eigenvalue weighted by Gasteiger charge is -2.06. The molecular formula is C12H17N5S. The van der Waals surface area contributed by atoms with Crippen LogP contribution in [0.15, 0.2) is 18.7 Å². The van der Waals surface area contributed by atoms with Crippen LogP contribution >= 0.6 is 12.2 Å². The first-order valence-electron chi connectivity index (χ1n) is 6.45. The smallest absolute Gasteiger partial charge is 0.195 e. The van der Waals surface area contributed by atoms with Crippen molar-refractivity contribution in [3.05, 3.63) is 29.3 Å². The van der Waals surface area contributed by atoms with E-state index in [4.69, 9.17) is 12.2 Å². The lowest BCUT2D eigenvalue weighted by Crippen LogP contribution is -2.04. The van der Waals surface area contributed by atoms with Gasteiger partial charge in [-0.05, 0) is 37.9 Å². The topological polar surface area (TPSA) is 51.4 Å². The van der Waals surface area contributed by atoms with Crippen molar-refractivity contribution in [1.82, 2.24) is 24.3 Å². The van der Waals surface area contributed by atoms with Crippen molar-refractivity contribution in [1.29, 1.82) is 0 Å². The maximum Gasteiger partial charge on any atom is 0.195 e. The molecule has 0 saturated heterocycles. The number of nitrogens with zero attached hydrogens (tertiary/aromatic N) is 4. The van der Waals surface area contributed by atoms with Crippen molar-refractivity contribution in [2.45, 2.75) is 44.7 Å². The zero-order valence-electron chi connectivity index (χ0n) is 10.2. The second-order valence-corrected chi connectivity index (χ2v) is 5.21. The summed E-state index contributed by atoms with van der Waals surface area (Å²) in [5.74, 6) is 1.80. The molecule has 0 unspecified atom stereocenters. The standard InChI is InChI=1S/C12H17N5S/c18-12-15-14-11(10-3-4-10)17(12)7-2-1-6-16-8-5-13-9-16/h5,8-10H,1-4,6-7H2,(H,15,18). The van der Waals surface area contributed by atoms with Crippen molar-refractivity contribution < 1.29 is 0 Å². The summed E-state index contributed by atoms with van der Waals surface area (Å²) in [5, 5.41) is 7.25. The van der Waals surface area contributed by atoms with E-state index in [0.29, 0.717) is 5.92 Å². The van der Waals surface area contributed by atoms with Gasteiger partial charge in [0.05, 0.1) is 6.33 Å². The number of H-pyrrole nitrogens is 1. The van der Waals surface area contributed by atoms with E-state index >= 15 is 0 Å². The SMILES string of the molecule is S=c1[nH]nc(C2CC2)n1CCCCn1ccnc1. The third kappa shape index (κ3) is 2.53. The Kier molecular flexibility index (Phi) is 3.27. The van der Waals surface area contributed by atoms with Gasteiger partial charge in [0, 0.05) is 31.4 Å². The van der Waals surface area contributed by atoms with Gasteiger partial charge in [0.25, 0.3) is 0 Å². The van der Waals surface area contributed by atoms with Gasteiger partial charge in [0.1, 0.15) is 5.82 Å². The fourth-order valence-electron chi connectivity index (χ4n) is 2.18. The minimum atomic E-state index is 0.645. The molecule has 0 radical (unpaired) electrons. The molecule has 0 amide bonds. The molecule has 1 aliphatic rings. The van der Waals surface area contributed by atoms with Crippen LogP contribution in [0.25, 0.3) is 0 Å². The molecule has 5 nitrogen and oxygen atoms in total. The van der Waals surface area contributed by atoms with E-state index < -0.39 is 0 Å². The molecule has 6 heteroatoms. The van der Waals surface area contributed by atoms with Gasteiger partial charge in [-0.3, -0.25) is 5.10 Å². The van der Waals surface area contributed by atoms with Crippen LogP contribution in [0, 0.1) is 4.77 Å². The largest absolute Gasteiger partial charge is 0.337 e. The van der Waals surface area contributed by atoms with Crippen LogP contribution in [0.2, 0.25) is 0 Å². The van der Waals surface area contributed by atoms with E-state index in [1.807, 2.05) is 18.7 Å². The molecule has 96 valence electrons. The van der Waals surface area contributed by atoms with Crippen molar-refractivity contribution in [2.24, 2.45) is 0 Å². The maximum atomic E-state index is 5.28. The van der Waals surface area contributed by atoms with Gasteiger partial charge < -0.3 is 9.13 Å². The van der Waals surface area contributed by atoms with Crippen molar-refractivity contribution >= 4 is 12.2 Å². The van der Waals surface area contributed by atoms with E-state index in [2.05, 4.69) is 24.3 Å². The maximum absolute atomic E-state index is 5.28. The normalized spacial score (nSPS) is 15.1. The number of aromatic nitrogens is 5. The molecule has 2 aromatic rings. The summed E-state index contributed by atoms with van der Waals surface area (Å²) in [6.45, 7) is 1.99. The molecule has 1 aliphatic carbocycles. The number of imidazole rings is 1. The molecule has 0 spiro atoms. The van der Waals surface area contributed by atoms with Gasteiger partial charge in [-0.15, -0.1) is 0 Å². The summed E-state index contributed by atoms with van der Waals surface area (Å²) >= 11 is 5.28. The monoisotopic (exact) mass is 263 g/mol. The lowest BCUT2D eigenvalue weighted by atomic mass is 10.3. The van der Waals surface area contributed by atoms with Crippen LogP contribution in [0.4, 0.5) is 0 Å². The number of unbranched alkanes of at least 4 members (excludes halogenated alkanes) is 1. The predicted octanol–water partition coefficient (Wildman–Crippen LogP) is 2.49. The summed E-state index contributed by atoms with van der Waals surface area (Å²) < 4.78 is 5.04.